The third kappa shape index (κ3) is 4.74. The van der Waals surface area contributed by atoms with Crippen LogP contribution in [-0.2, 0) is 0 Å². The average molecular weight is 330 g/mol. The number of hydrogen-bond donors (Lipinski definition) is 0. The van der Waals surface area contributed by atoms with Gasteiger partial charge in [0.1, 0.15) is 12.4 Å². The molecule has 24 heavy (non-hydrogen) atoms. The maximum absolute atomic E-state index is 13.8. The van der Waals surface area contributed by atoms with E-state index in [1.807, 2.05) is 12.1 Å². The fourth-order valence-corrected chi connectivity index (χ4v) is 1.82. The molecular formula is C18H16F2N2O2. The summed E-state index contributed by atoms with van der Waals surface area (Å²) in [6.07, 6.45) is 4.18. The van der Waals surface area contributed by atoms with Gasteiger partial charge in [-0.25, -0.2) is 8.78 Å². The van der Waals surface area contributed by atoms with Crippen molar-refractivity contribution in [1.29, 1.82) is 0 Å². The van der Waals surface area contributed by atoms with Crippen LogP contribution in [0.5, 0.6) is 11.5 Å². The zero-order valence-corrected chi connectivity index (χ0v) is 13.1. The number of benzene rings is 2. The first-order valence-corrected chi connectivity index (χ1v) is 7.07. The summed E-state index contributed by atoms with van der Waals surface area (Å²) in [5.41, 5.74) is 1.06. The van der Waals surface area contributed by atoms with Gasteiger partial charge in [0.25, 0.3) is 0 Å². The van der Waals surface area contributed by atoms with E-state index in [0.717, 1.165) is 23.4 Å². The number of methoxy groups -OCH3 is 1. The van der Waals surface area contributed by atoms with Gasteiger partial charge in [-0.3, -0.25) is 0 Å². The van der Waals surface area contributed by atoms with E-state index in [1.54, 1.807) is 19.2 Å². The molecule has 0 heterocycles. The molecule has 124 valence electrons. The Balaban J connectivity index is 2.05. The predicted octanol–water partition coefficient (Wildman–Crippen LogP) is 3.99. The highest BCUT2D eigenvalue weighted by Crippen LogP contribution is 2.22. The molecular weight excluding hydrogens is 314 g/mol. The van der Waals surface area contributed by atoms with Gasteiger partial charge in [-0.1, -0.05) is 12.7 Å². The minimum Gasteiger partial charge on any atom is -0.497 e. The van der Waals surface area contributed by atoms with E-state index in [9.17, 15) is 8.78 Å². The van der Waals surface area contributed by atoms with Crippen molar-refractivity contribution >= 4 is 12.4 Å². The normalized spacial score (nSPS) is 11.1. The second-order valence-corrected chi connectivity index (χ2v) is 4.68. The minimum absolute atomic E-state index is 0.0213. The fraction of sp³-hybridized carbons (Fsp3) is 0.111. The summed E-state index contributed by atoms with van der Waals surface area (Å²) in [6.45, 7) is 3.44. The van der Waals surface area contributed by atoms with Gasteiger partial charge in [0.15, 0.2) is 17.4 Å². The Morgan fingerprint density at radius 2 is 1.58 bits per heavy atom. The Morgan fingerprint density at radius 1 is 1.00 bits per heavy atom. The van der Waals surface area contributed by atoms with Gasteiger partial charge in [0, 0.05) is 5.56 Å². The van der Waals surface area contributed by atoms with Crippen molar-refractivity contribution in [2.24, 2.45) is 10.2 Å². The largest absolute Gasteiger partial charge is 0.497 e. The van der Waals surface area contributed by atoms with Crippen LogP contribution in [0.25, 0.3) is 0 Å². The summed E-state index contributed by atoms with van der Waals surface area (Å²) in [7, 11) is 1.58. The van der Waals surface area contributed by atoms with Crippen LogP contribution in [0.4, 0.5) is 8.78 Å². The highest BCUT2D eigenvalue weighted by atomic mass is 19.1. The molecule has 0 fully saturated rings. The second kappa shape index (κ2) is 8.57. The standard InChI is InChI=1S/C18H16F2N2O2/c1-3-8-24-18-16(19)9-14(10-17(18)20)12-22-21-11-13-4-6-15(23-2)7-5-13/h3-7,9-12H,1,8H2,2H3. The van der Waals surface area contributed by atoms with Crippen LogP contribution in [-0.4, -0.2) is 26.1 Å². The maximum atomic E-state index is 13.8. The molecule has 0 aromatic heterocycles. The fourth-order valence-electron chi connectivity index (χ4n) is 1.82. The molecule has 0 radical (unpaired) electrons. The Bertz CT molecular complexity index is 733. The molecule has 0 N–H and O–H groups in total. The van der Waals surface area contributed by atoms with Gasteiger partial charge < -0.3 is 9.47 Å². The van der Waals surface area contributed by atoms with Crippen LogP contribution in [0, 0.1) is 11.6 Å². The molecule has 0 spiro atoms. The summed E-state index contributed by atoms with van der Waals surface area (Å²) in [6, 6.07) is 9.43. The topological polar surface area (TPSA) is 43.2 Å². The monoisotopic (exact) mass is 330 g/mol. The molecule has 0 aliphatic rings. The van der Waals surface area contributed by atoms with Crippen LogP contribution in [0.2, 0.25) is 0 Å². The minimum atomic E-state index is -0.808. The lowest BCUT2D eigenvalue weighted by Gasteiger charge is -2.06. The molecule has 0 bridgehead atoms. The van der Waals surface area contributed by atoms with Crippen molar-refractivity contribution in [1.82, 2.24) is 0 Å². The smallest absolute Gasteiger partial charge is 0.191 e. The molecule has 0 saturated heterocycles. The van der Waals surface area contributed by atoms with Gasteiger partial charge in [-0.05, 0) is 42.0 Å². The van der Waals surface area contributed by atoms with Crippen molar-refractivity contribution in [2.45, 2.75) is 0 Å². The maximum Gasteiger partial charge on any atom is 0.191 e. The van der Waals surface area contributed by atoms with E-state index < -0.39 is 17.4 Å². The highest BCUT2D eigenvalue weighted by molar-refractivity contribution is 5.83. The van der Waals surface area contributed by atoms with Crippen LogP contribution in [0.15, 0.2) is 59.3 Å². The molecule has 0 unspecified atom stereocenters. The van der Waals surface area contributed by atoms with E-state index in [0.29, 0.717) is 0 Å². The number of ether oxygens (including phenoxy) is 2. The number of nitrogens with zero attached hydrogens (tertiary/aromatic N) is 2. The summed E-state index contributed by atoms with van der Waals surface area (Å²) < 4.78 is 37.5. The molecule has 0 amide bonds. The number of halogens is 2. The van der Waals surface area contributed by atoms with Crippen LogP contribution < -0.4 is 9.47 Å². The van der Waals surface area contributed by atoms with Gasteiger partial charge in [0.2, 0.25) is 0 Å². The summed E-state index contributed by atoms with van der Waals surface area (Å²) in [5.74, 6) is -1.32. The molecule has 0 aliphatic carbocycles. The van der Waals surface area contributed by atoms with Crippen molar-refractivity contribution in [3.8, 4) is 11.5 Å². The lowest BCUT2D eigenvalue weighted by atomic mass is 10.2. The molecule has 2 aromatic rings. The summed E-state index contributed by atoms with van der Waals surface area (Å²) in [4.78, 5) is 0. The molecule has 6 heteroatoms. The van der Waals surface area contributed by atoms with Gasteiger partial charge in [0.05, 0.1) is 19.5 Å². The Morgan fingerprint density at radius 3 is 2.12 bits per heavy atom. The molecule has 0 aliphatic heterocycles. The zero-order chi connectivity index (χ0) is 17.4. The van der Waals surface area contributed by atoms with Crippen molar-refractivity contribution in [2.75, 3.05) is 13.7 Å². The second-order valence-electron chi connectivity index (χ2n) is 4.68. The quantitative estimate of drug-likeness (QED) is 0.438. The van der Waals surface area contributed by atoms with Crippen LogP contribution >= 0.6 is 0 Å². The Kier molecular flexibility index (Phi) is 6.19. The van der Waals surface area contributed by atoms with Crippen LogP contribution in [0.1, 0.15) is 11.1 Å². The average Bonchev–Trinajstić information content (AvgIpc) is 2.58. The lowest BCUT2D eigenvalue weighted by molar-refractivity contribution is 0.321. The first kappa shape index (κ1) is 17.3. The molecule has 0 atom stereocenters. The highest BCUT2D eigenvalue weighted by Gasteiger charge is 2.11. The lowest BCUT2D eigenvalue weighted by Crippen LogP contribution is -2.00. The molecule has 2 aromatic carbocycles. The van der Waals surface area contributed by atoms with E-state index in [2.05, 4.69) is 16.8 Å². The Labute approximate surface area is 138 Å². The molecule has 0 saturated carbocycles. The van der Waals surface area contributed by atoms with E-state index >= 15 is 0 Å². The summed E-state index contributed by atoms with van der Waals surface area (Å²) in [5, 5.41) is 7.61. The van der Waals surface area contributed by atoms with Crippen molar-refractivity contribution in [3.63, 3.8) is 0 Å². The third-order valence-corrected chi connectivity index (χ3v) is 2.96. The SMILES string of the molecule is C=CCOc1c(F)cc(C=NN=Cc2ccc(OC)cc2)cc1F. The first-order chi connectivity index (χ1) is 11.6. The van der Waals surface area contributed by atoms with E-state index in [1.165, 1.54) is 18.5 Å². The Hall–Kier alpha value is -3.02. The van der Waals surface area contributed by atoms with Gasteiger partial charge >= 0.3 is 0 Å². The number of hydrogen-bond acceptors (Lipinski definition) is 4. The molecule has 4 nitrogen and oxygen atoms in total. The third-order valence-electron chi connectivity index (χ3n) is 2.96. The van der Waals surface area contributed by atoms with Gasteiger partial charge in [-0.15, -0.1) is 0 Å². The first-order valence-electron chi connectivity index (χ1n) is 7.07. The van der Waals surface area contributed by atoms with Crippen molar-refractivity contribution in [3.05, 3.63) is 71.8 Å². The van der Waals surface area contributed by atoms with Gasteiger partial charge in [-0.2, -0.15) is 10.2 Å². The number of rotatable bonds is 7. The molecule has 2 rings (SSSR count). The van der Waals surface area contributed by atoms with Crippen LogP contribution in [0.3, 0.4) is 0 Å². The zero-order valence-electron chi connectivity index (χ0n) is 13.1. The van der Waals surface area contributed by atoms with E-state index in [-0.39, 0.29) is 12.2 Å². The van der Waals surface area contributed by atoms with E-state index in [4.69, 9.17) is 9.47 Å². The van der Waals surface area contributed by atoms with Crippen molar-refractivity contribution < 1.29 is 18.3 Å². The predicted molar refractivity (Wildman–Crippen MR) is 90.2 cm³/mol. The summed E-state index contributed by atoms with van der Waals surface area (Å²) >= 11 is 0.